The molecule has 0 radical (unpaired) electrons. The SMILES string of the molecule is COc1ccc2c(c1)[C@H](NC(=S)Nc1ccc(F)c(Cl)c1)CC(C)(C)O2. The Hall–Kier alpha value is -2.05. The van der Waals surface area contributed by atoms with E-state index in [0.29, 0.717) is 10.8 Å². The Kier molecular flexibility index (Phi) is 5.25. The van der Waals surface area contributed by atoms with Crippen molar-refractivity contribution in [3.63, 3.8) is 0 Å². The van der Waals surface area contributed by atoms with E-state index in [1.165, 1.54) is 12.1 Å². The molecule has 0 saturated heterocycles. The van der Waals surface area contributed by atoms with Crippen LogP contribution in [0.15, 0.2) is 36.4 Å². The molecule has 0 aliphatic carbocycles. The molecule has 2 aromatic carbocycles. The number of halogens is 2. The van der Waals surface area contributed by atoms with Gasteiger partial charge in [0.15, 0.2) is 5.11 Å². The Morgan fingerprint density at radius 1 is 1.31 bits per heavy atom. The van der Waals surface area contributed by atoms with Crippen LogP contribution in [0.3, 0.4) is 0 Å². The highest BCUT2D eigenvalue weighted by Gasteiger charge is 2.34. The highest BCUT2D eigenvalue weighted by Crippen LogP contribution is 2.41. The highest BCUT2D eigenvalue weighted by molar-refractivity contribution is 7.80. The van der Waals surface area contributed by atoms with Crippen LogP contribution >= 0.6 is 23.8 Å². The van der Waals surface area contributed by atoms with Crippen LogP contribution in [0.5, 0.6) is 11.5 Å². The molecule has 1 atom stereocenters. The molecule has 0 aromatic heterocycles. The fourth-order valence-electron chi connectivity index (χ4n) is 2.99. The van der Waals surface area contributed by atoms with Crippen LogP contribution in [-0.4, -0.2) is 17.8 Å². The lowest BCUT2D eigenvalue weighted by Crippen LogP contribution is -2.42. The van der Waals surface area contributed by atoms with Gasteiger partial charge in [0.25, 0.3) is 0 Å². The average Bonchev–Trinajstić information content (AvgIpc) is 2.57. The summed E-state index contributed by atoms with van der Waals surface area (Å²) >= 11 is 11.2. The Balaban J connectivity index is 1.79. The Morgan fingerprint density at radius 2 is 2.08 bits per heavy atom. The summed E-state index contributed by atoms with van der Waals surface area (Å²) in [6, 6.07) is 10.0. The van der Waals surface area contributed by atoms with Crippen LogP contribution in [0.25, 0.3) is 0 Å². The Labute approximate surface area is 162 Å². The van der Waals surface area contributed by atoms with E-state index in [1.54, 1.807) is 13.2 Å². The lowest BCUT2D eigenvalue weighted by molar-refractivity contribution is 0.0695. The van der Waals surface area contributed by atoms with Gasteiger partial charge in [0.1, 0.15) is 22.9 Å². The standard InChI is InChI=1S/C19H20ClFN2O2S/c1-19(2)10-16(13-9-12(24-3)5-7-17(13)25-19)23-18(26)22-11-4-6-15(21)14(20)8-11/h4-9,16H,10H2,1-3H3,(H2,22,23,26)/t16-/m1/s1. The van der Waals surface area contributed by atoms with Gasteiger partial charge in [-0.25, -0.2) is 4.39 Å². The van der Waals surface area contributed by atoms with Crippen LogP contribution in [0.1, 0.15) is 31.9 Å². The number of anilines is 1. The van der Waals surface area contributed by atoms with E-state index in [0.717, 1.165) is 23.5 Å². The molecule has 0 fully saturated rings. The maximum Gasteiger partial charge on any atom is 0.171 e. The number of hydrogen-bond acceptors (Lipinski definition) is 3. The molecule has 0 unspecified atom stereocenters. The second-order valence-corrected chi connectivity index (χ2v) is 7.57. The van der Waals surface area contributed by atoms with Crippen molar-refractivity contribution in [2.45, 2.75) is 31.9 Å². The summed E-state index contributed by atoms with van der Waals surface area (Å²) in [4.78, 5) is 0. The maximum atomic E-state index is 13.3. The molecule has 1 heterocycles. The number of fused-ring (bicyclic) bond motifs is 1. The summed E-state index contributed by atoms with van der Waals surface area (Å²) in [7, 11) is 1.63. The third-order valence-corrected chi connectivity index (χ3v) is 4.67. The molecule has 7 heteroatoms. The van der Waals surface area contributed by atoms with Crippen LogP contribution in [0.2, 0.25) is 5.02 Å². The van der Waals surface area contributed by atoms with Crippen LogP contribution in [0.4, 0.5) is 10.1 Å². The van der Waals surface area contributed by atoms with Crippen molar-refractivity contribution >= 4 is 34.6 Å². The van der Waals surface area contributed by atoms with E-state index in [2.05, 4.69) is 10.6 Å². The largest absolute Gasteiger partial charge is 0.497 e. The lowest BCUT2D eigenvalue weighted by Gasteiger charge is -2.38. The first-order valence-electron chi connectivity index (χ1n) is 8.17. The van der Waals surface area contributed by atoms with Crippen molar-refractivity contribution in [2.75, 3.05) is 12.4 Å². The number of hydrogen-bond donors (Lipinski definition) is 2. The monoisotopic (exact) mass is 394 g/mol. The highest BCUT2D eigenvalue weighted by atomic mass is 35.5. The summed E-state index contributed by atoms with van der Waals surface area (Å²) in [6.07, 6.45) is 0.721. The maximum absolute atomic E-state index is 13.3. The molecule has 138 valence electrons. The van der Waals surface area contributed by atoms with Gasteiger partial charge in [0.2, 0.25) is 0 Å². The molecule has 2 aromatic rings. The van der Waals surface area contributed by atoms with Crippen molar-refractivity contribution < 1.29 is 13.9 Å². The zero-order valence-electron chi connectivity index (χ0n) is 14.7. The van der Waals surface area contributed by atoms with Gasteiger partial charge in [-0.15, -0.1) is 0 Å². The molecule has 3 rings (SSSR count). The number of rotatable bonds is 3. The van der Waals surface area contributed by atoms with Crippen LogP contribution in [-0.2, 0) is 0 Å². The normalized spacial score (nSPS) is 17.7. The fraction of sp³-hybridized carbons (Fsp3) is 0.316. The summed E-state index contributed by atoms with van der Waals surface area (Å²) in [5.41, 5.74) is 1.25. The van der Waals surface area contributed by atoms with Crippen LogP contribution < -0.4 is 20.1 Å². The fourth-order valence-corrected chi connectivity index (χ4v) is 3.43. The topological polar surface area (TPSA) is 42.5 Å². The second kappa shape index (κ2) is 7.29. The predicted molar refractivity (Wildman–Crippen MR) is 106 cm³/mol. The van der Waals surface area contributed by atoms with E-state index < -0.39 is 5.82 Å². The molecular weight excluding hydrogens is 375 g/mol. The first-order valence-corrected chi connectivity index (χ1v) is 8.95. The third kappa shape index (κ3) is 4.19. The van der Waals surface area contributed by atoms with Crippen LogP contribution in [0, 0.1) is 5.82 Å². The minimum absolute atomic E-state index is 0.0417. The van der Waals surface area contributed by atoms with Crippen molar-refractivity contribution in [3.05, 3.63) is 52.8 Å². The molecular formula is C19H20ClFN2O2S. The van der Waals surface area contributed by atoms with Gasteiger partial charge < -0.3 is 20.1 Å². The molecule has 1 aliphatic rings. The summed E-state index contributed by atoms with van der Waals surface area (Å²) in [5.74, 6) is 1.08. The molecule has 0 saturated carbocycles. The molecule has 0 bridgehead atoms. The van der Waals surface area contributed by atoms with E-state index in [9.17, 15) is 4.39 Å². The summed E-state index contributed by atoms with van der Waals surface area (Å²) in [5, 5.41) is 6.82. The van der Waals surface area contributed by atoms with Gasteiger partial charge >= 0.3 is 0 Å². The number of benzene rings is 2. The molecule has 0 spiro atoms. The van der Waals surface area contributed by atoms with Gasteiger partial charge in [0, 0.05) is 17.7 Å². The predicted octanol–water partition coefficient (Wildman–Crippen LogP) is 5.08. The molecule has 2 N–H and O–H groups in total. The quantitative estimate of drug-likeness (QED) is 0.711. The summed E-state index contributed by atoms with van der Waals surface area (Å²) < 4.78 is 24.7. The Morgan fingerprint density at radius 3 is 2.77 bits per heavy atom. The van der Waals surface area contributed by atoms with Gasteiger partial charge in [-0.1, -0.05) is 11.6 Å². The molecule has 1 aliphatic heterocycles. The van der Waals surface area contributed by atoms with E-state index in [1.807, 2.05) is 32.0 Å². The number of methoxy groups -OCH3 is 1. The third-order valence-electron chi connectivity index (χ3n) is 4.16. The van der Waals surface area contributed by atoms with Crippen molar-refractivity contribution in [1.82, 2.24) is 5.32 Å². The smallest absolute Gasteiger partial charge is 0.171 e. The first-order chi connectivity index (χ1) is 12.3. The number of ether oxygens (including phenoxy) is 2. The summed E-state index contributed by atoms with van der Waals surface area (Å²) in [6.45, 7) is 4.07. The Bertz CT molecular complexity index is 844. The van der Waals surface area contributed by atoms with Gasteiger partial charge in [-0.3, -0.25) is 0 Å². The molecule has 0 amide bonds. The number of thiocarbonyl (C=S) groups is 1. The van der Waals surface area contributed by atoms with Gasteiger partial charge in [-0.2, -0.15) is 0 Å². The number of nitrogens with one attached hydrogen (secondary N) is 2. The average molecular weight is 395 g/mol. The van der Waals surface area contributed by atoms with Crippen molar-refractivity contribution in [3.8, 4) is 11.5 Å². The molecule has 26 heavy (non-hydrogen) atoms. The minimum Gasteiger partial charge on any atom is -0.497 e. The van der Waals surface area contributed by atoms with Crippen molar-refractivity contribution in [2.24, 2.45) is 0 Å². The first kappa shape index (κ1) is 18.7. The molecule has 4 nitrogen and oxygen atoms in total. The van der Waals surface area contributed by atoms with Gasteiger partial charge in [-0.05, 0) is 62.5 Å². The second-order valence-electron chi connectivity index (χ2n) is 6.75. The zero-order chi connectivity index (χ0) is 18.9. The van der Waals surface area contributed by atoms with E-state index >= 15 is 0 Å². The van der Waals surface area contributed by atoms with Gasteiger partial charge in [0.05, 0.1) is 18.2 Å². The lowest BCUT2D eigenvalue weighted by atomic mass is 9.89. The zero-order valence-corrected chi connectivity index (χ0v) is 16.3. The minimum atomic E-state index is -0.469. The van der Waals surface area contributed by atoms with E-state index in [4.69, 9.17) is 33.3 Å². The van der Waals surface area contributed by atoms with Crippen molar-refractivity contribution in [1.29, 1.82) is 0 Å². The van der Waals surface area contributed by atoms with E-state index in [-0.39, 0.29) is 16.7 Å².